The lowest BCUT2D eigenvalue weighted by atomic mass is 10.1. The number of benzene rings is 2. The molecule has 0 bridgehead atoms. The number of nitrogens with zero attached hydrogens (tertiary/aromatic N) is 2. The van der Waals surface area contributed by atoms with Crippen LogP contribution in [-0.4, -0.2) is 36.2 Å². The van der Waals surface area contributed by atoms with E-state index in [1.165, 1.54) is 11.3 Å². The van der Waals surface area contributed by atoms with Crippen LogP contribution in [0.15, 0.2) is 42.5 Å². The summed E-state index contributed by atoms with van der Waals surface area (Å²) in [6.07, 6.45) is 0.733. The van der Waals surface area contributed by atoms with Gasteiger partial charge >= 0.3 is 0 Å². The van der Waals surface area contributed by atoms with Gasteiger partial charge in [0, 0.05) is 29.4 Å². The van der Waals surface area contributed by atoms with E-state index >= 15 is 0 Å². The molecule has 8 nitrogen and oxygen atoms in total. The maximum atomic E-state index is 12.5. The van der Waals surface area contributed by atoms with Gasteiger partial charge in [-0.25, -0.2) is 0 Å². The van der Waals surface area contributed by atoms with Crippen molar-refractivity contribution in [2.75, 3.05) is 19.5 Å². The first-order chi connectivity index (χ1) is 14.5. The molecule has 9 heteroatoms. The van der Waals surface area contributed by atoms with E-state index in [4.69, 9.17) is 9.47 Å². The van der Waals surface area contributed by atoms with E-state index in [0.29, 0.717) is 34.3 Å². The van der Waals surface area contributed by atoms with Crippen LogP contribution in [0.2, 0.25) is 0 Å². The van der Waals surface area contributed by atoms with Crippen LogP contribution >= 0.6 is 11.3 Å². The third-order valence-electron chi connectivity index (χ3n) is 4.30. The molecule has 30 heavy (non-hydrogen) atoms. The minimum atomic E-state index is -0.323. The molecule has 0 unspecified atom stereocenters. The summed E-state index contributed by atoms with van der Waals surface area (Å²) in [6, 6.07) is 12.0. The molecule has 0 saturated carbocycles. The Morgan fingerprint density at radius 1 is 1.00 bits per heavy atom. The third-order valence-corrected chi connectivity index (χ3v) is 5.37. The maximum Gasteiger partial charge on any atom is 0.286 e. The smallest absolute Gasteiger partial charge is 0.286 e. The summed E-state index contributed by atoms with van der Waals surface area (Å²) in [5.41, 5.74) is 1.88. The predicted molar refractivity (Wildman–Crippen MR) is 114 cm³/mol. The van der Waals surface area contributed by atoms with E-state index in [2.05, 4.69) is 20.8 Å². The number of aryl methyl sites for hydroxylation is 1. The normalized spacial score (nSPS) is 10.4. The monoisotopic (exact) mass is 426 g/mol. The van der Waals surface area contributed by atoms with Crippen LogP contribution in [0.3, 0.4) is 0 Å². The number of anilines is 1. The van der Waals surface area contributed by atoms with Gasteiger partial charge in [0.1, 0.15) is 16.5 Å². The lowest BCUT2D eigenvalue weighted by Gasteiger charge is -2.11. The zero-order valence-corrected chi connectivity index (χ0v) is 17.7. The number of amides is 2. The summed E-state index contributed by atoms with van der Waals surface area (Å²) in [4.78, 5) is 24.7. The summed E-state index contributed by atoms with van der Waals surface area (Å²) >= 11 is 1.26. The van der Waals surface area contributed by atoms with Crippen molar-refractivity contribution in [1.82, 2.24) is 15.5 Å². The first-order valence-electron chi connectivity index (χ1n) is 9.27. The van der Waals surface area contributed by atoms with Gasteiger partial charge in [0.2, 0.25) is 5.01 Å². The molecule has 2 N–H and O–H groups in total. The maximum absolute atomic E-state index is 12.5. The lowest BCUT2D eigenvalue weighted by molar-refractivity contribution is 0.0950. The number of methoxy groups -OCH3 is 2. The Morgan fingerprint density at radius 2 is 1.77 bits per heavy atom. The molecular weight excluding hydrogens is 404 g/mol. The Balaban J connectivity index is 1.59. The Kier molecular flexibility index (Phi) is 6.97. The van der Waals surface area contributed by atoms with Gasteiger partial charge in [0.25, 0.3) is 11.8 Å². The minimum Gasteiger partial charge on any atom is -0.497 e. The van der Waals surface area contributed by atoms with Crippen LogP contribution < -0.4 is 20.1 Å². The lowest BCUT2D eigenvalue weighted by Crippen LogP contribution is -2.23. The second-order valence-electron chi connectivity index (χ2n) is 6.25. The van der Waals surface area contributed by atoms with Crippen molar-refractivity contribution in [1.29, 1.82) is 0 Å². The number of carbonyl (C=O) groups excluding carboxylic acids is 2. The van der Waals surface area contributed by atoms with Gasteiger partial charge in [-0.3, -0.25) is 9.59 Å². The number of nitrogens with one attached hydrogen (secondary N) is 2. The minimum absolute atomic E-state index is 0.234. The number of rotatable bonds is 8. The molecule has 0 spiro atoms. The SMILES string of the molecule is CCc1nnc(C(=O)Nc2ccc(C(=O)NCc3ccc(OC)cc3OC)cc2)s1. The predicted octanol–water partition coefficient (Wildman–Crippen LogP) is 3.30. The fraction of sp³-hybridized carbons (Fsp3) is 0.238. The van der Waals surface area contributed by atoms with E-state index in [9.17, 15) is 9.59 Å². The van der Waals surface area contributed by atoms with Crippen LogP contribution in [0.1, 0.15) is 37.7 Å². The summed E-state index contributed by atoms with van der Waals surface area (Å²) in [6.45, 7) is 2.26. The fourth-order valence-corrected chi connectivity index (χ4v) is 3.33. The van der Waals surface area contributed by atoms with E-state index in [-0.39, 0.29) is 11.8 Å². The Bertz CT molecular complexity index is 1030. The first kappa shape index (κ1) is 21.3. The van der Waals surface area contributed by atoms with E-state index < -0.39 is 0 Å². The molecule has 0 aliphatic heterocycles. The van der Waals surface area contributed by atoms with Crippen LogP contribution in [-0.2, 0) is 13.0 Å². The molecule has 0 aliphatic carbocycles. The number of ether oxygens (including phenoxy) is 2. The standard InChI is InChI=1S/C21H22N4O4S/c1-4-18-24-25-21(30-18)20(27)23-15-8-5-13(6-9-15)19(26)22-12-14-7-10-16(28-2)11-17(14)29-3/h5-11H,4,12H2,1-3H3,(H,22,26)(H,23,27). The Morgan fingerprint density at radius 3 is 2.40 bits per heavy atom. The van der Waals surface area contributed by atoms with Crippen molar-refractivity contribution >= 4 is 28.8 Å². The molecule has 2 amide bonds. The average molecular weight is 426 g/mol. The van der Waals surface area contributed by atoms with Crippen LogP contribution in [0.4, 0.5) is 5.69 Å². The van der Waals surface area contributed by atoms with E-state index in [0.717, 1.165) is 17.0 Å². The Hall–Kier alpha value is -3.46. The van der Waals surface area contributed by atoms with Gasteiger partial charge in [0.15, 0.2) is 0 Å². The largest absolute Gasteiger partial charge is 0.497 e. The number of hydrogen-bond donors (Lipinski definition) is 2. The van der Waals surface area contributed by atoms with Crippen molar-refractivity contribution in [3.8, 4) is 11.5 Å². The quantitative estimate of drug-likeness (QED) is 0.573. The summed E-state index contributed by atoms with van der Waals surface area (Å²) in [7, 11) is 3.15. The molecule has 3 aromatic rings. The molecule has 0 saturated heterocycles. The average Bonchev–Trinajstić information content (AvgIpc) is 3.27. The van der Waals surface area contributed by atoms with Gasteiger partial charge in [-0.2, -0.15) is 0 Å². The Labute approximate surface area is 178 Å². The molecular formula is C21H22N4O4S. The number of aromatic nitrogens is 2. The first-order valence-corrected chi connectivity index (χ1v) is 10.1. The number of hydrogen-bond acceptors (Lipinski definition) is 7. The highest BCUT2D eigenvalue weighted by Gasteiger charge is 2.13. The number of carbonyl (C=O) groups is 2. The molecule has 2 aromatic carbocycles. The zero-order chi connectivity index (χ0) is 21.5. The van der Waals surface area contributed by atoms with Crippen molar-refractivity contribution in [3.05, 3.63) is 63.6 Å². The molecule has 0 aliphatic rings. The highest BCUT2D eigenvalue weighted by Crippen LogP contribution is 2.24. The van der Waals surface area contributed by atoms with Crippen LogP contribution in [0.25, 0.3) is 0 Å². The van der Waals surface area contributed by atoms with E-state index in [1.54, 1.807) is 44.6 Å². The van der Waals surface area contributed by atoms with Crippen LogP contribution in [0.5, 0.6) is 11.5 Å². The molecule has 0 radical (unpaired) electrons. The van der Waals surface area contributed by atoms with Crippen molar-refractivity contribution in [2.24, 2.45) is 0 Å². The van der Waals surface area contributed by atoms with Gasteiger partial charge in [0.05, 0.1) is 14.2 Å². The van der Waals surface area contributed by atoms with Gasteiger partial charge in [-0.05, 0) is 42.8 Å². The zero-order valence-electron chi connectivity index (χ0n) is 16.9. The van der Waals surface area contributed by atoms with Crippen molar-refractivity contribution in [3.63, 3.8) is 0 Å². The summed E-state index contributed by atoms with van der Waals surface area (Å²) in [5.74, 6) is 0.757. The van der Waals surface area contributed by atoms with Crippen molar-refractivity contribution in [2.45, 2.75) is 19.9 Å². The molecule has 1 heterocycles. The second kappa shape index (κ2) is 9.84. The molecule has 156 valence electrons. The molecule has 0 atom stereocenters. The second-order valence-corrected chi connectivity index (χ2v) is 7.31. The summed E-state index contributed by atoms with van der Waals surface area (Å²) in [5, 5.41) is 14.5. The molecule has 3 rings (SSSR count). The molecule has 0 fully saturated rings. The topological polar surface area (TPSA) is 102 Å². The van der Waals surface area contributed by atoms with Crippen LogP contribution in [0, 0.1) is 0 Å². The summed E-state index contributed by atoms with van der Waals surface area (Å²) < 4.78 is 10.5. The van der Waals surface area contributed by atoms with Gasteiger partial charge in [-0.1, -0.05) is 18.3 Å². The molecule has 1 aromatic heterocycles. The third kappa shape index (κ3) is 5.12. The van der Waals surface area contributed by atoms with Gasteiger partial charge < -0.3 is 20.1 Å². The van der Waals surface area contributed by atoms with Crippen molar-refractivity contribution < 1.29 is 19.1 Å². The van der Waals surface area contributed by atoms with Gasteiger partial charge in [-0.15, -0.1) is 10.2 Å². The highest BCUT2D eigenvalue weighted by atomic mass is 32.1. The fourth-order valence-electron chi connectivity index (χ4n) is 2.65. The highest BCUT2D eigenvalue weighted by molar-refractivity contribution is 7.13. The van der Waals surface area contributed by atoms with E-state index in [1.807, 2.05) is 19.1 Å².